The van der Waals surface area contributed by atoms with Crippen molar-refractivity contribution in [2.45, 2.75) is 76.4 Å². The van der Waals surface area contributed by atoms with E-state index in [2.05, 4.69) is 95.5 Å². The molecular formula is C32H37N3O. The Bertz CT molecular complexity index is 1250. The highest BCUT2D eigenvalue weighted by molar-refractivity contribution is 5.77. The van der Waals surface area contributed by atoms with Gasteiger partial charge in [0.1, 0.15) is 0 Å². The number of carbonyl (C=O) groups is 1. The molecule has 4 heteroatoms. The molecule has 0 radical (unpaired) electrons. The van der Waals surface area contributed by atoms with Gasteiger partial charge in [-0.15, -0.1) is 0 Å². The van der Waals surface area contributed by atoms with Crippen molar-refractivity contribution in [1.29, 1.82) is 0 Å². The van der Waals surface area contributed by atoms with E-state index in [-0.39, 0.29) is 17.6 Å². The van der Waals surface area contributed by atoms with Crippen molar-refractivity contribution in [3.8, 4) is 5.69 Å². The normalized spacial score (nSPS) is 30.1. The predicted molar refractivity (Wildman–Crippen MR) is 143 cm³/mol. The van der Waals surface area contributed by atoms with E-state index >= 15 is 0 Å². The highest BCUT2D eigenvalue weighted by Crippen LogP contribution is 2.55. The van der Waals surface area contributed by atoms with E-state index in [1.165, 1.54) is 60.9 Å². The molecule has 1 N–H and O–H groups in total. The second-order valence-corrected chi connectivity index (χ2v) is 12.4. The van der Waals surface area contributed by atoms with Crippen molar-refractivity contribution in [3.63, 3.8) is 0 Å². The van der Waals surface area contributed by atoms with Crippen molar-refractivity contribution in [1.82, 2.24) is 14.8 Å². The molecule has 1 aliphatic heterocycles. The Balaban J connectivity index is 1.29. The van der Waals surface area contributed by atoms with Gasteiger partial charge in [0.25, 0.3) is 0 Å². The lowest BCUT2D eigenvalue weighted by Gasteiger charge is -2.57. The van der Waals surface area contributed by atoms with Crippen LogP contribution in [0, 0.1) is 17.8 Å². The van der Waals surface area contributed by atoms with Crippen LogP contribution in [0.3, 0.4) is 0 Å². The molecule has 36 heavy (non-hydrogen) atoms. The van der Waals surface area contributed by atoms with Gasteiger partial charge >= 0.3 is 6.03 Å². The van der Waals surface area contributed by atoms with Gasteiger partial charge in [0.15, 0.2) is 0 Å². The third kappa shape index (κ3) is 3.60. The zero-order chi connectivity index (χ0) is 24.4. The number of carbonyl (C=O) groups excluding carboxylic acids is 1. The Morgan fingerprint density at radius 3 is 2.22 bits per heavy atom. The Hall–Kier alpha value is -3.01. The third-order valence-corrected chi connectivity index (χ3v) is 9.55. The highest BCUT2D eigenvalue weighted by Gasteiger charge is 2.52. The monoisotopic (exact) mass is 479 g/mol. The summed E-state index contributed by atoms with van der Waals surface area (Å²) in [6.45, 7) is 5.06. The average molecular weight is 480 g/mol. The molecule has 4 nitrogen and oxygen atoms in total. The number of aromatic nitrogens is 1. The molecule has 4 saturated carbocycles. The molecule has 3 aromatic rings. The van der Waals surface area contributed by atoms with E-state index in [1.807, 2.05) is 0 Å². The van der Waals surface area contributed by atoms with Crippen molar-refractivity contribution in [2.75, 3.05) is 0 Å². The van der Waals surface area contributed by atoms with Crippen LogP contribution >= 0.6 is 0 Å². The van der Waals surface area contributed by atoms with Crippen LogP contribution < -0.4 is 5.32 Å². The first-order valence-electron chi connectivity index (χ1n) is 13.9. The van der Waals surface area contributed by atoms with Crippen LogP contribution in [0.4, 0.5) is 4.79 Å². The fourth-order valence-electron chi connectivity index (χ4n) is 8.32. The fourth-order valence-corrected chi connectivity index (χ4v) is 8.32. The minimum atomic E-state index is -0.137. The molecule has 0 saturated heterocycles. The van der Waals surface area contributed by atoms with Crippen molar-refractivity contribution in [3.05, 3.63) is 89.2 Å². The second-order valence-electron chi connectivity index (χ2n) is 12.4. The molecule has 5 aliphatic rings. The molecule has 0 unspecified atom stereocenters. The first-order valence-corrected chi connectivity index (χ1v) is 13.9. The summed E-state index contributed by atoms with van der Waals surface area (Å²) in [5.41, 5.74) is 6.01. The van der Waals surface area contributed by atoms with Gasteiger partial charge in [-0.25, -0.2) is 4.79 Å². The molecule has 8 rings (SSSR count). The maximum atomic E-state index is 14.3. The van der Waals surface area contributed by atoms with E-state index in [4.69, 9.17) is 0 Å². The number of benzene rings is 2. The summed E-state index contributed by atoms with van der Waals surface area (Å²) in [5, 5.41) is 3.68. The van der Waals surface area contributed by atoms with Gasteiger partial charge in [-0.05, 0) is 97.1 Å². The van der Waals surface area contributed by atoms with Gasteiger partial charge in [-0.2, -0.15) is 0 Å². The van der Waals surface area contributed by atoms with Crippen LogP contribution in [0.25, 0.3) is 5.69 Å². The minimum absolute atomic E-state index is 0.00823. The maximum absolute atomic E-state index is 14.3. The lowest BCUT2D eigenvalue weighted by Crippen LogP contribution is -2.62. The number of nitrogens with one attached hydrogen (secondary N) is 1. The van der Waals surface area contributed by atoms with Gasteiger partial charge in [0, 0.05) is 17.4 Å². The number of hydrogen-bond acceptors (Lipinski definition) is 1. The number of amides is 2. The number of nitrogens with zero attached hydrogens (tertiary/aromatic N) is 2. The third-order valence-electron chi connectivity index (χ3n) is 9.55. The molecule has 2 amide bonds. The van der Waals surface area contributed by atoms with E-state index in [1.54, 1.807) is 0 Å². The summed E-state index contributed by atoms with van der Waals surface area (Å²) in [6.07, 6.45) is 9.78. The van der Waals surface area contributed by atoms with E-state index in [9.17, 15) is 4.79 Å². The Labute approximate surface area is 214 Å². The maximum Gasteiger partial charge on any atom is 0.318 e. The van der Waals surface area contributed by atoms with E-state index in [0.717, 1.165) is 23.4 Å². The molecular weight excluding hydrogens is 442 g/mol. The Morgan fingerprint density at radius 2 is 1.56 bits per heavy atom. The molecule has 4 aliphatic carbocycles. The van der Waals surface area contributed by atoms with Crippen molar-refractivity contribution >= 4 is 6.03 Å². The predicted octanol–water partition coefficient (Wildman–Crippen LogP) is 7.18. The van der Waals surface area contributed by atoms with Crippen LogP contribution in [0.15, 0.2) is 66.9 Å². The summed E-state index contributed by atoms with van der Waals surface area (Å²) in [4.78, 5) is 16.5. The molecule has 186 valence electrons. The largest absolute Gasteiger partial charge is 0.332 e. The Kier molecular flexibility index (Phi) is 5.09. The van der Waals surface area contributed by atoms with Gasteiger partial charge in [0.05, 0.1) is 18.3 Å². The van der Waals surface area contributed by atoms with Gasteiger partial charge in [0.2, 0.25) is 0 Å². The molecule has 4 bridgehead atoms. The van der Waals surface area contributed by atoms with E-state index < -0.39 is 0 Å². The van der Waals surface area contributed by atoms with Gasteiger partial charge in [-0.3, -0.25) is 0 Å². The topological polar surface area (TPSA) is 37.3 Å². The summed E-state index contributed by atoms with van der Waals surface area (Å²) in [7, 11) is 0. The Morgan fingerprint density at radius 1 is 0.889 bits per heavy atom. The summed E-state index contributed by atoms with van der Waals surface area (Å²) in [6, 6.07) is 21.7. The first-order chi connectivity index (χ1) is 17.5. The molecule has 1 atom stereocenters. The summed E-state index contributed by atoms with van der Waals surface area (Å²) >= 11 is 0. The van der Waals surface area contributed by atoms with Crippen LogP contribution in [0.1, 0.15) is 86.7 Å². The smallest absolute Gasteiger partial charge is 0.318 e. The summed E-state index contributed by atoms with van der Waals surface area (Å²) in [5.74, 6) is 2.89. The number of rotatable bonds is 3. The minimum Gasteiger partial charge on any atom is -0.332 e. The number of hydrogen-bond donors (Lipinski definition) is 1. The number of urea groups is 1. The number of fused-ring (bicyclic) bond motifs is 3. The quantitative estimate of drug-likeness (QED) is 0.424. The lowest BCUT2D eigenvalue weighted by atomic mass is 9.53. The molecule has 2 heterocycles. The zero-order valence-corrected chi connectivity index (χ0v) is 21.5. The molecule has 0 spiro atoms. The SMILES string of the molecule is CC(C)c1ccc([C@H]2c3cccn3-c3ccccc3CN2C(=O)NC23CC4CC(CC(C4)C2)C3)cc1. The second kappa shape index (κ2) is 8.26. The van der Waals surface area contributed by atoms with E-state index in [0.29, 0.717) is 12.5 Å². The highest BCUT2D eigenvalue weighted by atomic mass is 16.2. The zero-order valence-electron chi connectivity index (χ0n) is 21.5. The number of para-hydroxylation sites is 1. The van der Waals surface area contributed by atoms with Gasteiger partial charge in [-0.1, -0.05) is 56.3 Å². The van der Waals surface area contributed by atoms with Crippen molar-refractivity contribution < 1.29 is 4.79 Å². The lowest BCUT2D eigenvalue weighted by molar-refractivity contribution is -0.0163. The molecule has 1 aromatic heterocycles. The first kappa shape index (κ1) is 22.2. The average Bonchev–Trinajstić information content (AvgIpc) is 3.27. The van der Waals surface area contributed by atoms with Crippen LogP contribution in [-0.2, 0) is 6.54 Å². The standard InChI is InChI=1S/C32H37N3O/c1-21(2)25-9-11-26(12-10-25)30-29-8-5-13-34(29)28-7-4-3-6-27(28)20-35(30)31(36)33-32-17-22-14-23(18-32)16-24(15-22)19-32/h3-13,21-24,30H,14-20H2,1-2H3,(H,33,36)/t22?,23?,24?,30-,32?/m0/s1. The van der Waals surface area contributed by atoms with Gasteiger partial charge < -0.3 is 14.8 Å². The van der Waals surface area contributed by atoms with Crippen LogP contribution in [-0.4, -0.2) is 21.0 Å². The summed E-state index contributed by atoms with van der Waals surface area (Å²) < 4.78 is 2.29. The fraction of sp³-hybridized carbons (Fsp3) is 0.469. The van der Waals surface area contributed by atoms with Crippen LogP contribution in [0.2, 0.25) is 0 Å². The molecule has 4 fully saturated rings. The van der Waals surface area contributed by atoms with Crippen LogP contribution in [0.5, 0.6) is 0 Å². The molecule has 2 aromatic carbocycles. The van der Waals surface area contributed by atoms with Crippen molar-refractivity contribution in [2.24, 2.45) is 17.8 Å².